The van der Waals surface area contributed by atoms with Crippen molar-refractivity contribution in [2.45, 2.75) is 51.1 Å². The number of aryl methyl sites for hydroxylation is 3. The average molecular weight is 427 g/mol. The Morgan fingerprint density at radius 3 is 2.53 bits per heavy atom. The quantitative estimate of drug-likeness (QED) is 0.648. The average Bonchev–Trinajstić information content (AvgIpc) is 3.35. The predicted molar refractivity (Wildman–Crippen MR) is 115 cm³/mol. The van der Waals surface area contributed by atoms with Crippen LogP contribution >= 0.6 is 0 Å². The van der Waals surface area contributed by atoms with E-state index in [-0.39, 0.29) is 10.9 Å². The molecule has 1 saturated heterocycles. The summed E-state index contributed by atoms with van der Waals surface area (Å²) in [7, 11) is -3.66. The van der Waals surface area contributed by atoms with Crippen molar-refractivity contribution in [3.63, 3.8) is 0 Å². The lowest BCUT2D eigenvalue weighted by molar-refractivity contribution is 0.390. The van der Waals surface area contributed by atoms with Crippen molar-refractivity contribution in [3.8, 4) is 0 Å². The molecule has 1 unspecified atom stereocenters. The van der Waals surface area contributed by atoms with Crippen LogP contribution in [0.25, 0.3) is 0 Å². The molecule has 4 rings (SSSR count). The van der Waals surface area contributed by atoms with E-state index in [1.807, 2.05) is 50.2 Å². The SMILES string of the molecule is CCn1cc(S(=O)(=O)N2CCCC2c2cccc(Nc3cccc(C)n3)n2)c(C)n1. The lowest BCUT2D eigenvalue weighted by Crippen LogP contribution is -2.31. The van der Waals surface area contributed by atoms with Crippen molar-refractivity contribution in [2.24, 2.45) is 0 Å². The van der Waals surface area contributed by atoms with Crippen molar-refractivity contribution in [2.75, 3.05) is 11.9 Å². The van der Waals surface area contributed by atoms with Gasteiger partial charge < -0.3 is 5.32 Å². The summed E-state index contributed by atoms with van der Waals surface area (Å²) in [6, 6.07) is 11.1. The molecule has 8 nitrogen and oxygen atoms in total. The predicted octanol–water partition coefficient (Wildman–Crippen LogP) is 3.58. The minimum atomic E-state index is -3.66. The Morgan fingerprint density at radius 2 is 1.83 bits per heavy atom. The first-order valence-electron chi connectivity index (χ1n) is 10.1. The number of sulfonamides is 1. The van der Waals surface area contributed by atoms with Gasteiger partial charge in [-0.1, -0.05) is 12.1 Å². The molecule has 0 aromatic carbocycles. The zero-order valence-corrected chi connectivity index (χ0v) is 18.2. The van der Waals surface area contributed by atoms with Gasteiger partial charge in [0, 0.05) is 25.0 Å². The highest BCUT2D eigenvalue weighted by atomic mass is 32.2. The fourth-order valence-corrected chi connectivity index (χ4v) is 5.65. The minimum absolute atomic E-state index is 0.273. The minimum Gasteiger partial charge on any atom is -0.325 e. The highest BCUT2D eigenvalue weighted by Crippen LogP contribution is 2.36. The molecule has 0 saturated carbocycles. The Kier molecular flexibility index (Phi) is 5.57. The molecule has 158 valence electrons. The largest absolute Gasteiger partial charge is 0.325 e. The molecule has 1 aliphatic heterocycles. The molecule has 3 aromatic rings. The maximum Gasteiger partial charge on any atom is 0.247 e. The Bertz CT molecular complexity index is 1160. The van der Waals surface area contributed by atoms with E-state index in [0.29, 0.717) is 30.4 Å². The van der Waals surface area contributed by atoms with Gasteiger partial charge in [0.25, 0.3) is 0 Å². The van der Waals surface area contributed by atoms with Crippen molar-refractivity contribution in [1.29, 1.82) is 0 Å². The zero-order valence-electron chi connectivity index (χ0n) is 17.4. The van der Waals surface area contributed by atoms with E-state index in [1.54, 1.807) is 22.1 Å². The number of pyridine rings is 2. The number of hydrogen-bond donors (Lipinski definition) is 1. The fraction of sp³-hybridized carbons (Fsp3) is 0.381. The van der Waals surface area contributed by atoms with Gasteiger partial charge >= 0.3 is 0 Å². The number of nitrogens with one attached hydrogen (secondary N) is 1. The number of anilines is 2. The van der Waals surface area contributed by atoms with E-state index in [4.69, 9.17) is 4.98 Å². The van der Waals surface area contributed by atoms with Gasteiger partial charge in [0.1, 0.15) is 16.5 Å². The van der Waals surface area contributed by atoms with Crippen molar-refractivity contribution in [3.05, 3.63) is 59.7 Å². The molecule has 30 heavy (non-hydrogen) atoms. The zero-order chi connectivity index (χ0) is 21.3. The summed E-state index contributed by atoms with van der Waals surface area (Å²) in [4.78, 5) is 9.42. The summed E-state index contributed by atoms with van der Waals surface area (Å²) in [5.41, 5.74) is 2.16. The smallest absolute Gasteiger partial charge is 0.247 e. The maximum atomic E-state index is 13.4. The van der Waals surface area contributed by atoms with Crippen LogP contribution in [-0.4, -0.2) is 39.0 Å². The normalized spacial score (nSPS) is 17.4. The lowest BCUT2D eigenvalue weighted by atomic mass is 10.1. The van der Waals surface area contributed by atoms with Gasteiger partial charge in [0.05, 0.1) is 17.4 Å². The summed E-state index contributed by atoms with van der Waals surface area (Å²) in [5.74, 6) is 1.35. The summed E-state index contributed by atoms with van der Waals surface area (Å²) in [6.45, 7) is 6.71. The van der Waals surface area contributed by atoms with Gasteiger partial charge in [-0.05, 0) is 57.9 Å². The van der Waals surface area contributed by atoms with Gasteiger partial charge in [-0.25, -0.2) is 18.4 Å². The number of aromatic nitrogens is 4. The van der Waals surface area contributed by atoms with E-state index in [2.05, 4.69) is 15.4 Å². The van der Waals surface area contributed by atoms with Crippen LogP contribution in [-0.2, 0) is 16.6 Å². The van der Waals surface area contributed by atoms with Crippen LogP contribution in [0.1, 0.15) is 42.9 Å². The second-order valence-electron chi connectivity index (χ2n) is 7.45. The number of nitrogens with zero attached hydrogens (tertiary/aromatic N) is 5. The van der Waals surface area contributed by atoms with Crippen molar-refractivity contribution >= 4 is 21.7 Å². The highest BCUT2D eigenvalue weighted by molar-refractivity contribution is 7.89. The molecule has 0 aliphatic carbocycles. The Labute approximate surface area is 177 Å². The van der Waals surface area contributed by atoms with E-state index in [9.17, 15) is 8.42 Å². The van der Waals surface area contributed by atoms with Crippen LogP contribution in [0.5, 0.6) is 0 Å². The fourth-order valence-electron chi connectivity index (χ4n) is 3.82. The molecule has 3 aromatic heterocycles. The lowest BCUT2D eigenvalue weighted by Gasteiger charge is -2.23. The van der Waals surface area contributed by atoms with E-state index >= 15 is 0 Å². The third-order valence-corrected chi connectivity index (χ3v) is 7.28. The molecular formula is C21H26N6O2S. The van der Waals surface area contributed by atoms with E-state index in [1.165, 1.54) is 0 Å². The van der Waals surface area contributed by atoms with Crippen molar-refractivity contribution < 1.29 is 8.42 Å². The van der Waals surface area contributed by atoms with Crippen LogP contribution in [0.3, 0.4) is 0 Å². The Balaban J connectivity index is 1.62. The first kappa shape index (κ1) is 20.5. The molecule has 0 spiro atoms. The first-order chi connectivity index (χ1) is 14.4. The second kappa shape index (κ2) is 8.16. The molecule has 9 heteroatoms. The van der Waals surface area contributed by atoms with Crippen LogP contribution < -0.4 is 5.32 Å². The van der Waals surface area contributed by atoms with Crippen LogP contribution in [0, 0.1) is 13.8 Å². The molecule has 0 amide bonds. The molecule has 0 radical (unpaired) electrons. The maximum absolute atomic E-state index is 13.4. The highest BCUT2D eigenvalue weighted by Gasteiger charge is 2.38. The number of rotatable bonds is 6. The van der Waals surface area contributed by atoms with Gasteiger partial charge in [-0.2, -0.15) is 9.40 Å². The monoisotopic (exact) mass is 426 g/mol. The van der Waals surface area contributed by atoms with Gasteiger partial charge in [-0.3, -0.25) is 4.68 Å². The van der Waals surface area contributed by atoms with Crippen LogP contribution in [0.4, 0.5) is 11.6 Å². The summed E-state index contributed by atoms with van der Waals surface area (Å²) in [5, 5.41) is 7.52. The Morgan fingerprint density at radius 1 is 1.10 bits per heavy atom. The molecule has 1 N–H and O–H groups in total. The third-order valence-electron chi connectivity index (χ3n) is 5.27. The van der Waals surface area contributed by atoms with Gasteiger partial charge in [0.2, 0.25) is 10.0 Å². The topological polar surface area (TPSA) is 93.0 Å². The molecule has 0 bridgehead atoms. The molecule has 4 heterocycles. The molecule has 1 fully saturated rings. The van der Waals surface area contributed by atoms with Crippen LogP contribution in [0.15, 0.2) is 47.5 Å². The van der Waals surface area contributed by atoms with E-state index < -0.39 is 10.0 Å². The van der Waals surface area contributed by atoms with Gasteiger partial charge in [0.15, 0.2) is 0 Å². The first-order valence-corrected chi connectivity index (χ1v) is 11.6. The summed E-state index contributed by atoms with van der Waals surface area (Å²) >= 11 is 0. The molecule has 1 aliphatic rings. The summed E-state index contributed by atoms with van der Waals surface area (Å²) < 4.78 is 30.0. The van der Waals surface area contributed by atoms with Crippen LogP contribution in [0.2, 0.25) is 0 Å². The molecular weight excluding hydrogens is 400 g/mol. The van der Waals surface area contributed by atoms with Gasteiger partial charge in [-0.15, -0.1) is 0 Å². The van der Waals surface area contributed by atoms with Crippen molar-refractivity contribution in [1.82, 2.24) is 24.1 Å². The third kappa shape index (κ3) is 3.95. The Hall–Kier alpha value is -2.78. The second-order valence-corrected chi connectivity index (χ2v) is 9.30. The van der Waals surface area contributed by atoms with E-state index in [0.717, 1.165) is 24.2 Å². The standard InChI is InChI=1S/C21H26N6O2S/c1-4-26-14-19(16(3)25-26)30(28,29)27-13-7-10-18(27)17-9-6-12-21(23-17)24-20-11-5-8-15(2)22-20/h5-6,8-9,11-12,14,18H,4,7,10,13H2,1-3H3,(H,22,23,24). The molecule has 1 atom stereocenters. The summed E-state index contributed by atoms with van der Waals surface area (Å²) in [6.07, 6.45) is 3.15. The number of hydrogen-bond acceptors (Lipinski definition) is 6.